The molecule has 0 aliphatic carbocycles. The van der Waals surface area contributed by atoms with Crippen LogP contribution >= 0.6 is 11.8 Å². The first-order valence-electron chi connectivity index (χ1n) is 8.71. The van der Waals surface area contributed by atoms with E-state index in [-0.39, 0.29) is 29.2 Å². The second-order valence-corrected chi connectivity index (χ2v) is 10.0. The van der Waals surface area contributed by atoms with Crippen molar-refractivity contribution < 1.29 is 27.7 Å². The largest absolute Gasteiger partial charge is 0.444 e. The number of nitrogens with zero attached hydrogens (tertiary/aromatic N) is 3. The number of carbonyl (C=O) groups is 2. The first-order chi connectivity index (χ1) is 14.0. The van der Waals surface area contributed by atoms with Gasteiger partial charge in [0.1, 0.15) is 6.61 Å². The van der Waals surface area contributed by atoms with Crippen molar-refractivity contribution in [3.8, 4) is 0 Å². The van der Waals surface area contributed by atoms with E-state index < -0.39 is 21.0 Å². The summed E-state index contributed by atoms with van der Waals surface area (Å²) in [5.41, 5.74) is 3.56. The Hall–Kier alpha value is -2.64. The molecule has 1 aliphatic heterocycles. The van der Waals surface area contributed by atoms with E-state index in [0.29, 0.717) is 17.7 Å². The summed E-state index contributed by atoms with van der Waals surface area (Å²) in [6, 6.07) is 5.61. The summed E-state index contributed by atoms with van der Waals surface area (Å²) < 4.78 is 29.2. The second kappa shape index (κ2) is 9.91. The molecule has 1 fully saturated rings. The van der Waals surface area contributed by atoms with E-state index in [1.807, 2.05) is 0 Å². The quantitative estimate of drug-likeness (QED) is 0.479. The van der Waals surface area contributed by atoms with Crippen LogP contribution in [0.4, 0.5) is 10.5 Å². The second-order valence-electron chi connectivity index (χ2n) is 6.52. The molecule has 1 amide bonds. The molecule has 0 radical (unpaired) electrons. The number of hydrogen-bond acceptors (Lipinski definition) is 9. The molecule has 2 rings (SSSR count). The SMILES string of the molecule is CC(=O)S[C@H]1CC(=CNN(C)S(C)(=O)=O)N(C(=O)OCc2ccc([N+](=O)[O-])cc2)C1. The van der Waals surface area contributed by atoms with Gasteiger partial charge < -0.3 is 10.2 Å². The van der Waals surface area contributed by atoms with Crippen molar-refractivity contribution in [3.05, 3.63) is 51.8 Å². The maximum atomic E-state index is 12.6. The molecule has 0 spiro atoms. The van der Waals surface area contributed by atoms with E-state index in [4.69, 9.17) is 4.74 Å². The fraction of sp³-hybridized carbons (Fsp3) is 0.412. The summed E-state index contributed by atoms with van der Waals surface area (Å²) in [4.78, 5) is 35.5. The van der Waals surface area contributed by atoms with Gasteiger partial charge in [-0.15, -0.1) is 4.41 Å². The summed E-state index contributed by atoms with van der Waals surface area (Å²) in [5.74, 6) is 0. The summed E-state index contributed by atoms with van der Waals surface area (Å²) in [6.45, 7) is 1.56. The van der Waals surface area contributed by atoms with Crippen molar-refractivity contribution in [2.45, 2.75) is 25.2 Å². The molecular formula is C17H22N4O7S2. The predicted molar refractivity (Wildman–Crippen MR) is 110 cm³/mol. The molecule has 0 unspecified atom stereocenters. The van der Waals surface area contributed by atoms with Crippen LogP contribution in [0.25, 0.3) is 0 Å². The average Bonchev–Trinajstić information content (AvgIpc) is 3.05. The monoisotopic (exact) mass is 458 g/mol. The van der Waals surface area contributed by atoms with Crippen molar-refractivity contribution >= 4 is 38.7 Å². The van der Waals surface area contributed by atoms with Gasteiger partial charge in [0.15, 0.2) is 5.12 Å². The number of thioether (sulfide) groups is 1. The molecular weight excluding hydrogens is 436 g/mol. The molecule has 1 aromatic rings. The molecule has 0 bridgehead atoms. The lowest BCUT2D eigenvalue weighted by Crippen LogP contribution is -2.36. The number of carbonyl (C=O) groups excluding carboxylic acids is 2. The fourth-order valence-electron chi connectivity index (χ4n) is 2.57. The Morgan fingerprint density at radius 3 is 2.57 bits per heavy atom. The van der Waals surface area contributed by atoms with Gasteiger partial charge in [0.05, 0.1) is 11.2 Å². The molecule has 0 aromatic heterocycles. The third-order valence-corrected chi connectivity index (χ3v) is 6.22. The maximum absolute atomic E-state index is 12.6. The Bertz CT molecular complexity index is 947. The number of nitrogens with one attached hydrogen (secondary N) is 1. The third-order valence-electron chi connectivity index (χ3n) is 4.14. The number of non-ortho nitro benzene ring substituents is 1. The van der Waals surface area contributed by atoms with E-state index in [1.54, 1.807) is 0 Å². The Morgan fingerprint density at radius 1 is 1.40 bits per heavy atom. The number of sulfonamides is 1. The van der Waals surface area contributed by atoms with E-state index in [1.165, 1.54) is 49.3 Å². The molecule has 1 saturated heterocycles. The van der Waals surface area contributed by atoms with Gasteiger partial charge in [-0.2, -0.15) is 0 Å². The molecule has 1 heterocycles. The molecule has 1 aromatic carbocycles. The molecule has 164 valence electrons. The number of rotatable bonds is 7. The molecule has 13 heteroatoms. The topological polar surface area (TPSA) is 139 Å². The smallest absolute Gasteiger partial charge is 0.414 e. The van der Waals surface area contributed by atoms with Gasteiger partial charge in [-0.25, -0.2) is 13.2 Å². The van der Waals surface area contributed by atoms with Gasteiger partial charge in [0.2, 0.25) is 10.0 Å². The number of nitro groups is 1. The predicted octanol–water partition coefficient (Wildman–Crippen LogP) is 1.82. The zero-order chi connectivity index (χ0) is 22.5. The molecule has 11 nitrogen and oxygen atoms in total. The van der Waals surface area contributed by atoms with Crippen LogP contribution in [0.5, 0.6) is 0 Å². The van der Waals surface area contributed by atoms with Crippen LogP contribution in [0.2, 0.25) is 0 Å². The number of hydrogen-bond donors (Lipinski definition) is 1. The molecule has 30 heavy (non-hydrogen) atoms. The number of likely N-dealkylation sites (tertiary alicyclic amines) is 1. The van der Waals surface area contributed by atoms with Crippen LogP contribution < -0.4 is 5.43 Å². The Kier molecular flexibility index (Phi) is 7.81. The van der Waals surface area contributed by atoms with Crippen molar-refractivity contribution in [2.24, 2.45) is 0 Å². The van der Waals surface area contributed by atoms with Gasteiger partial charge in [-0.1, -0.05) is 11.8 Å². The summed E-state index contributed by atoms with van der Waals surface area (Å²) in [5, 5.41) is 10.4. The van der Waals surface area contributed by atoms with Crippen molar-refractivity contribution in [1.82, 2.24) is 14.7 Å². The standard InChI is InChI=1S/C17H22N4O7S2/c1-12(22)29-16-8-15(9-18-19(2)30(3,26)27)20(10-16)17(23)28-11-13-4-6-14(7-5-13)21(24)25/h4-7,9,16,18H,8,10-11H2,1-3H3/t16-/m0/s1. The zero-order valence-corrected chi connectivity index (χ0v) is 18.2. The Morgan fingerprint density at radius 2 is 2.03 bits per heavy atom. The molecule has 0 saturated carbocycles. The fourth-order valence-corrected chi connectivity index (χ4v) is 3.76. The van der Waals surface area contributed by atoms with E-state index >= 15 is 0 Å². The number of hydrazine groups is 1. The Balaban J connectivity index is 2.08. The number of amides is 1. The van der Waals surface area contributed by atoms with Crippen LogP contribution in [0.1, 0.15) is 18.9 Å². The lowest BCUT2D eigenvalue weighted by molar-refractivity contribution is -0.384. The van der Waals surface area contributed by atoms with Gasteiger partial charge in [-0.05, 0) is 17.7 Å². The van der Waals surface area contributed by atoms with E-state index in [9.17, 15) is 28.1 Å². The minimum absolute atomic E-state index is 0.0694. The summed E-state index contributed by atoms with van der Waals surface area (Å²) >= 11 is 1.09. The van der Waals surface area contributed by atoms with E-state index in [0.717, 1.165) is 22.4 Å². The normalized spacial score (nSPS) is 17.9. The minimum Gasteiger partial charge on any atom is -0.444 e. The van der Waals surface area contributed by atoms with Crippen LogP contribution in [-0.2, 0) is 26.2 Å². The molecule has 1 atom stereocenters. The van der Waals surface area contributed by atoms with Crippen LogP contribution in [0.15, 0.2) is 36.2 Å². The average molecular weight is 459 g/mol. The van der Waals surface area contributed by atoms with E-state index in [2.05, 4.69) is 5.43 Å². The number of allylic oxidation sites excluding steroid dienone is 1. The van der Waals surface area contributed by atoms with Crippen molar-refractivity contribution in [3.63, 3.8) is 0 Å². The van der Waals surface area contributed by atoms with Crippen molar-refractivity contribution in [1.29, 1.82) is 0 Å². The number of ether oxygens (including phenoxy) is 1. The highest BCUT2D eigenvalue weighted by Crippen LogP contribution is 2.31. The zero-order valence-electron chi connectivity index (χ0n) is 16.6. The van der Waals surface area contributed by atoms with Crippen LogP contribution in [0.3, 0.4) is 0 Å². The third kappa shape index (κ3) is 6.71. The highest BCUT2D eigenvalue weighted by atomic mass is 32.2. The summed E-state index contributed by atoms with van der Waals surface area (Å²) in [6.07, 6.45) is 2.10. The number of benzene rings is 1. The van der Waals surface area contributed by atoms with Gasteiger partial charge >= 0.3 is 6.09 Å². The van der Waals surface area contributed by atoms with Crippen LogP contribution in [-0.4, -0.2) is 59.0 Å². The maximum Gasteiger partial charge on any atom is 0.414 e. The first kappa shape index (κ1) is 23.6. The Labute approximate surface area is 178 Å². The lowest BCUT2D eigenvalue weighted by atomic mass is 10.2. The lowest BCUT2D eigenvalue weighted by Gasteiger charge is -2.19. The first-order valence-corrected chi connectivity index (χ1v) is 11.4. The van der Waals surface area contributed by atoms with Crippen molar-refractivity contribution in [2.75, 3.05) is 19.8 Å². The minimum atomic E-state index is -3.49. The van der Waals surface area contributed by atoms with Gasteiger partial charge in [0, 0.05) is 56.2 Å². The van der Waals surface area contributed by atoms with Crippen LogP contribution in [0, 0.1) is 10.1 Å². The highest BCUT2D eigenvalue weighted by molar-refractivity contribution is 8.14. The summed E-state index contributed by atoms with van der Waals surface area (Å²) in [7, 11) is -2.17. The van der Waals surface area contributed by atoms with Gasteiger partial charge in [0.25, 0.3) is 5.69 Å². The molecule has 1 aliphatic rings. The number of nitro benzene ring substituents is 1. The van der Waals surface area contributed by atoms with Gasteiger partial charge in [-0.3, -0.25) is 19.8 Å². The molecule has 1 N–H and O–H groups in total. The highest BCUT2D eigenvalue weighted by Gasteiger charge is 2.33.